The van der Waals surface area contributed by atoms with Gasteiger partial charge in [-0.1, -0.05) is 58.0 Å². The quantitative estimate of drug-likeness (QED) is 0.290. The molecule has 0 spiro atoms. The van der Waals surface area contributed by atoms with E-state index in [-0.39, 0.29) is 29.9 Å². The number of rotatable bonds is 13. The number of hydrogen-bond acceptors (Lipinski definition) is 6. The van der Waals surface area contributed by atoms with E-state index in [9.17, 15) is 22.8 Å². The molecule has 184 valence electrons. The molecule has 0 fully saturated rings. The van der Waals surface area contributed by atoms with Gasteiger partial charge in [0.2, 0.25) is 21.8 Å². The van der Waals surface area contributed by atoms with Crippen LogP contribution in [0.3, 0.4) is 0 Å². The Hall–Kier alpha value is -2.72. The second-order valence-corrected chi connectivity index (χ2v) is 10.3. The fourth-order valence-electron chi connectivity index (χ4n) is 2.89. The predicted molar refractivity (Wildman–Crippen MR) is 126 cm³/mol. The summed E-state index contributed by atoms with van der Waals surface area (Å²) in [6.07, 6.45) is 1.71. The van der Waals surface area contributed by atoms with Gasteiger partial charge < -0.3 is 15.4 Å². The first kappa shape index (κ1) is 28.3. The van der Waals surface area contributed by atoms with Gasteiger partial charge in [-0.25, -0.2) is 8.42 Å². The molecule has 0 aliphatic carbocycles. The zero-order valence-corrected chi connectivity index (χ0v) is 20.7. The number of ether oxygens (including phenoxy) is 1. The molecular formula is C23H35N3O6S. The molecule has 2 amide bonds. The van der Waals surface area contributed by atoms with Crippen LogP contribution in [-0.2, 0) is 29.1 Å². The number of sulfonamides is 1. The molecule has 0 bridgehead atoms. The van der Waals surface area contributed by atoms with Gasteiger partial charge in [0.25, 0.3) is 0 Å². The van der Waals surface area contributed by atoms with E-state index in [1.54, 1.807) is 26.0 Å². The van der Waals surface area contributed by atoms with E-state index in [1.165, 1.54) is 18.2 Å². The van der Waals surface area contributed by atoms with Gasteiger partial charge >= 0.3 is 5.97 Å². The Kier molecular flexibility index (Phi) is 11.2. The number of nitrogens with one attached hydrogen (secondary N) is 3. The molecule has 1 rings (SSSR count). The predicted octanol–water partition coefficient (Wildman–Crippen LogP) is 1.67. The third-order valence-corrected chi connectivity index (χ3v) is 6.13. The summed E-state index contributed by atoms with van der Waals surface area (Å²) < 4.78 is 32.9. The second-order valence-electron chi connectivity index (χ2n) is 8.54. The van der Waals surface area contributed by atoms with Crippen molar-refractivity contribution < 1.29 is 27.5 Å². The summed E-state index contributed by atoms with van der Waals surface area (Å²) in [6, 6.07) is 4.22. The van der Waals surface area contributed by atoms with E-state index in [0.717, 1.165) is 5.56 Å². The highest BCUT2D eigenvalue weighted by molar-refractivity contribution is 7.89. The maximum Gasteiger partial charge on any atom is 0.325 e. The average molecular weight is 482 g/mol. The van der Waals surface area contributed by atoms with Gasteiger partial charge in [0.1, 0.15) is 25.2 Å². The Labute approximate surface area is 196 Å². The van der Waals surface area contributed by atoms with Crippen LogP contribution in [0.25, 0.3) is 0 Å². The summed E-state index contributed by atoms with van der Waals surface area (Å²) in [5, 5.41) is 5.08. The molecule has 2 atom stereocenters. The zero-order valence-electron chi connectivity index (χ0n) is 19.9. The van der Waals surface area contributed by atoms with Crippen LogP contribution in [0, 0.1) is 18.8 Å². The lowest BCUT2D eigenvalue weighted by Gasteiger charge is -2.26. The fraction of sp³-hybridized carbons (Fsp3) is 0.522. The van der Waals surface area contributed by atoms with Crippen molar-refractivity contribution in [2.24, 2.45) is 11.8 Å². The Morgan fingerprint density at radius 3 is 2.18 bits per heavy atom. The minimum Gasteiger partial charge on any atom is -0.460 e. The molecule has 0 radical (unpaired) electrons. The Balaban J connectivity index is 2.94. The Bertz CT molecular complexity index is 926. The first-order valence-corrected chi connectivity index (χ1v) is 12.3. The number of benzene rings is 1. The molecule has 9 nitrogen and oxygen atoms in total. The van der Waals surface area contributed by atoms with Gasteiger partial charge in [-0.2, -0.15) is 4.72 Å². The number of amides is 2. The van der Waals surface area contributed by atoms with Crippen LogP contribution in [0.4, 0.5) is 0 Å². The highest BCUT2D eigenvalue weighted by Crippen LogP contribution is 2.14. The Morgan fingerprint density at radius 1 is 1.06 bits per heavy atom. The first-order chi connectivity index (χ1) is 15.4. The molecule has 33 heavy (non-hydrogen) atoms. The van der Waals surface area contributed by atoms with Crippen molar-refractivity contribution in [1.82, 2.24) is 15.4 Å². The maximum atomic E-state index is 13.0. The lowest BCUT2D eigenvalue weighted by atomic mass is 10.0. The summed E-state index contributed by atoms with van der Waals surface area (Å²) >= 11 is 0. The largest absolute Gasteiger partial charge is 0.460 e. The van der Waals surface area contributed by atoms with Crippen molar-refractivity contribution in [2.75, 3.05) is 13.2 Å². The first-order valence-electron chi connectivity index (χ1n) is 10.8. The smallest absolute Gasteiger partial charge is 0.325 e. The average Bonchev–Trinajstić information content (AvgIpc) is 2.73. The topological polar surface area (TPSA) is 131 Å². The number of hydrogen-bond donors (Lipinski definition) is 3. The standard InChI is InChI=1S/C23H35N3O6S/c1-7-12-32-20(27)14-24-22(28)19(13-15(2)3)25-23(29)21(16(4)5)26-33(30,31)18-10-8-17(6)9-11-18/h7-11,15-16,19,21,26H,1,12-14H2,2-6H3,(H,24,28)(H,25,29)/t19-,21-/m0/s1. The summed E-state index contributed by atoms with van der Waals surface area (Å²) in [4.78, 5) is 37.3. The van der Waals surface area contributed by atoms with E-state index < -0.39 is 39.9 Å². The summed E-state index contributed by atoms with van der Waals surface area (Å²) in [5.74, 6) is -2.16. The van der Waals surface area contributed by atoms with Crippen LogP contribution < -0.4 is 15.4 Å². The third-order valence-electron chi connectivity index (χ3n) is 4.67. The van der Waals surface area contributed by atoms with Crippen LogP contribution in [0.1, 0.15) is 39.7 Å². The lowest BCUT2D eigenvalue weighted by molar-refractivity contribution is -0.143. The van der Waals surface area contributed by atoms with Gasteiger partial charge in [0.05, 0.1) is 4.90 Å². The fourth-order valence-corrected chi connectivity index (χ4v) is 4.24. The van der Waals surface area contributed by atoms with Crippen molar-refractivity contribution in [3.63, 3.8) is 0 Å². The van der Waals surface area contributed by atoms with Gasteiger partial charge in [-0.3, -0.25) is 14.4 Å². The van der Waals surface area contributed by atoms with E-state index in [1.807, 2.05) is 20.8 Å². The molecule has 0 unspecified atom stereocenters. The molecule has 0 aliphatic rings. The summed E-state index contributed by atoms with van der Waals surface area (Å²) in [5.41, 5.74) is 0.906. The van der Waals surface area contributed by atoms with Gasteiger partial charge in [0, 0.05) is 0 Å². The molecule has 0 aliphatic heterocycles. The third kappa shape index (κ3) is 9.75. The molecule has 0 aromatic heterocycles. The lowest BCUT2D eigenvalue weighted by Crippen LogP contribution is -2.55. The van der Waals surface area contributed by atoms with Crippen molar-refractivity contribution in [3.05, 3.63) is 42.5 Å². The van der Waals surface area contributed by atoms with Crippen molar-refractivity contribution in [2.45, 2.75) is 58.0 Å². The molecule has 10 heteroatoms. The van der Waals surface area contributed by atoms with E-state index in [4.69, 9.17) is 4.74 Å². The number of carbonyl (C=O) groups excluding carboxylic acids is 3. The van der Waals surface area contributed by atoms with E-state index >= 15 is 0 Å². The van der Waals surface area contributed by atoms with Crippen molar-refractivity contribution in [3.8, 4) is 0 Å². The minimum atomic E-state index is -3.96. The molecule has 0 heterocycles. The van der Waals surface area contributed by atoms with Gasteiger partial charge in [-0.05, 0) is 37.3 Å². The van der Waals surface area contributed by atoms with Crippen molar-refractivity contribution in [1.29, 1.82) is 0 Å². The number of aryl methyl sites for hydroxylation is 1. The SMILES string of the molecule is C=CCOC(=O)CNC(=O)[C@H](CC(C)C)NC(=O)[C@@H](NS(=O)(=O)c1ccc(C)cc1)C(C)C. The van der Waals surface area contributed by atoms with E-state index in [2.05, 4.69) is 21.9 Å². The zero-order chi connectivity index (χ0) is 25.2. The molecular weight excluding hydrogens is 446 g/mol. The second kappa shape index (κ2) is 13.1. The maximum absolute atomic E-state index is 13.0. The van der Waals surface area contributed by atoms with Crippen molar-refractivity contribution >= 4 is 27.8 Å². The minimum absolute atomic E-state index is 0.0259. The summed E-state index contributed by atoms with van der Waals surface area (Å²) in [6.45, 7) is 12.1. The normalized spacial score (nSPS) is 13.3. The highest BCUT2D eigenvalue weighted by atomic mass is 32.2. The molecule has 0 saturated heterocycles. The molecule has 1 aromatic rings. The number of carbonyl (C=O) groups is 3. The summed E-state index contributed by atoms with van der Waals surface area (Å²) in [7, 11) is -3.96. The number of esters is 1. The van der Waals surface area contributed by atoms with E-state index in [0.29, 0.717) is 6.42 Å². The monoisotopic (exact) mass is 481 g/mol. The van der Waals surface area contributed by atoms with Gasteiger partial charge in [-0.15, -0.1) is 0 Å². The van der Waals surface area contributed by atoms with Crippen LogP contribution in [0.5, 0.6) is 0 Å². The van der Waals surface area contributed by atoms with Crippen LogP contribution in [0.15, 0.2) is 41.8 Å². The van der Waals surface area contributed by atoms with Gasteiger partial charge in [0.15, 0.2) is 0 Å². The van der Waals surface area contributed by atoms with Crippen LogP contribution >= 0.6 is 0 Å². The molecule has 0 saturated carbocycles. The van der Waals surface area contributed by atoms with Crippen LogP contribution in [-0.4, -0.2) is 51.4 Å². The Morgan fingerprint density at radius 2 is 1.67 bits per heavy atom. The molecule has 3 N–H and O–H groups in total. The molecule has 1 aromatic carbocycles. The van der Waals surface area contributed by atoms with Crippen LogP contribution in [0.2, 0.25) is 0 Å². The highest BCUT2D eigenvalue weighted by Gasteiger charge is 2.31.